The SMILES string of the molecule is C=C(C)/C=C(/B(OC)C(C)(C)C(C)C)C1CCCCC1. The Morgan fingerprint density at radius 1 is 1.25 bits per heavy atom. The van der Waals surface area contributed by atoms with E-state index in [1.165, 1.54) is 37.6 Å². The van der Waals surface area contributed by atoms with Crippen LogP contribution < -0.4 is 0 Å². The van der Waals surface area contributed by atoms with Crippen LogP contribution in [0.4, 0.5) is 0 Å². The third-order valence-electron chi connectivity index (χ3n) is 5.19. The van der Waals surface area contributed by atoms with Gasteiger partial charge in [0.2, 0.25) is 0 Å². The van der Waals surface area contributed by atoms with Crippen molar-refractivity contribution in [2.24, 2.45) is 11.8 Å². The molecule has 0 atom stereocenters. The van der Waals surface area contributed by atoms with Crippen molar-refractivity contribution in [2.45, 2.75) is 72.0 Å². The van der Waals surface area contributed by atoms with Gasteiger partial charge in [0.1, 0.15) is 0 Å². The second kappa shape index (κ2) is 7.50. The minimum absolute atomic E-state index is 0.146. The molecule has 1 aliphatic rings. The first-order valence-electron chi connectivity index (χ1n) is 8.20. The average Bonchev–Trinajstić information content (AvgIpc) is 2.38. The van der Waals surface area contributed by atoms with Crippen molar-refractivity contribution in [3.8, 4) is 0 Å². The first-order valence-corrected chi connectivity index (χ1v) is 8.20. The highest BCUT2D eigenvalue weighted by Crippen LogP contribution is 2.44. The van der Waals surface area contributed by atoms with E-state index in [1.807, 2.05) is 7.11 Å². The Morgan fingerprint density at radius 2 is 1.80 bits per heavy atom. The number of allylic oxidation sites excluding steroid dienone is 3. The quantitative estimate of drug-likeness (QED) is 0.448. The molecule has 114 valence electrons. The van der Waals surface area contributed by atoms with Gasteiger partial charge in [0.05, 0.1) is 0 Å². The van der Waals surface area contributed by atoms with Crippen LogP contribution >= 0.6 is 0 Å². The van der Waals surface area contributed by atoms with Gasteiger partial charge in [-0.15, -0.1) is 0 Å². The van der Waals surface area contributed by atoms with Gasteiger partial charge in [-0.2, -0.15) is 0 Å². The van der Waals surface area contributed by atoms with E-state index >= 15 is 0 Å². The fraction of sp³-hybridized carbons (Fsp3) is 0.778. The minimum Gasteiger partial charge on any atom is -0.433 e. The van der Waals surface area contributed by atoms with Crippen molar-refractivity contribution in [1.82, 2.24) is 0 Å². The Hall–Kier alpha value is -0.495. The molecule has 0 aromatic carbocycles. The summed E-state index contributed by atoms with van der Waals surface area (Å²) in [6.07, 6.45) is 9.03. The van der Waals surface area contributed by atoms with Gasteiger partial charge in [-0.05, 0) is 36.9 Å². The van der Waals surface area contributed by atoms with Crippen molar-refractivity contribution < 1.29 is 4.65 Å². The van der Waals surface area contributed by atoms with E-state index in [-0.39, 0.29) is 12.2 Å². The number of hydrogen-bond donors (Lipinski definition) is 0. The maximum absolute atomic E-state index is 5.98. The van der Waals surface area contributed by atoms with Gasteiger partial charge >= 0.3 is 6.92 Å². The Balaban J connectivity index is 3.10. The van der Waals surface area contributed by atoms with E-state index in [0.29, 0.717) is 11.8 Å². The molecule has 1 nitrogen and oxygen atoms in total. The van der Waals surface area contributed by atoms with Crippen LogP contribution in [0, 0.1) is 11.8 Å². The maximum Gasteiger partial charge on any atom is 0.328 e. The molecule has 0 N–H and O–H groups in total. The van der Waals surface area contributed by atoms with E-state index in [9.17, 15) is 0 Å². The molecule has 0 aromatic rings. The Morgan fingerprint density at radius 3 is 2.20 bits per heavy atom. The van der Waals surface area contributed by atoms with Gasteiger partial charge in [-0.25, -0.2) is 0 Å². The summed E-state index contributed by atoms with van der Waals surface area (Å²) in [6.45, 7) is 15.7. The summed E-state index contributed by atoms with van der Waals surface area (Å²) in [4.78, 5) is 0. The third-order valence-corrected chi connectivity index (χ3v) is 5.19. The fourth-order valence-electron chi connectivity index (χ4n) is 3.30. The van der Waals surface area contributed by atoms with Gasteiger partial charge < -0.3 is 4.65 Å². The zero-order valence-corrected chi connectivity index (χ0v) is 14.5. The van der Waals surface area contributed by atoms with E-state index in [2.05, 4.69) is 47.3 Å². The second-order valence-electron chi connectivity index (χ2n) is 7.42. The number of hydrogen-bond acceptors (Lipinski definition) is 1. The second-order valence-corrected chi connectivity index (χ2v) is 7.42. The van der Waals surface area contributed by atoms with Crippen LogP contribution in [-0.4, -0.2) is 14.0 Å². The molecule has 1 aliphatic carbocycles. The normalized spacial score (nSPS) is 18.4. The molecule has 0 saturated heterocycles. The van der Waals surface area contributed by atoms with E-state index < -0.39 is 0 Å². The first kappa shape index (κ1) is 17.6. The van der Waals surface area contributed by atoms with Crippen LogP contribution in [0.3, 0.4) is 0 Å². The van der Waals surface area contributed by atoms with E-state index in [0.717, 1.165) is 5.57 Å². The van der Waals surface area contributed by atoms with Gasteiger partial charge in [0.15, 0.2) is 0 Å². The molecule has 0 radical (unpaired) electrons. The molecule has 0 spiro atoms. The zero-order valence-electron chi connectivity index (χ0n) is 14.5. The lowest BCUT2D eigenvalue weighted by atomic mass is 9.37. The lowest BCUT2D eigenvalue weighted by molar-refractivity contribution is 0.337. The van der Waals surface area contributed by atoms with Crippen LogP contribution in [0.2, 0.25) is 5.31 Å². The van der Waals surface area contributed by atoms with Crippen molar-refractivity contribution >= 4 is 6.92 Å². The van der Waals surface area contributed by atoms with Crippen molar-refractivity contribution in [2.75, 3.05) is 7.11 Å². The molecule has 0 aliphatic heterocycles. The largest absolute Gasteiger partial charge is 0.433 e. The smallest absolute Gasteiger partial charge is 0.328 e. The molecule has 0 bridgehead atoms. The highest BCUT2D eigenvalue weighted by molar-refractivity contribution is 6.63. The zero-order chi connectivity index (χ0) is 15.3. The molecule has 0 amide bonds. The van der Waals surface area contributed by atoms with Gasteiger partial charge in [0.25, 0.3) is 0 Å². The molecule has 2 heteroatoms. The van der Waals surface area contributed by atoms with E-state index in [4.69, 9.17) is 4.65 Å². The summed E-state index contributed by atoms with van der Waals surface area (Å²) < 4.78 is 5.98. The summed E-state index contributed by atoms with van der Waals surface area (Å²) in [6, 6.07) is 0. The highest BCUT2D eigenvalue weighted by atomic mass is 16.4. The summed E-state index contributed by atoms with van der Waals surface area (Å²) in [7, 11) is 1.86. The topological polar surface area (TPSA) is 9.23 Å². The molecule has 0 heterocycles. The molecular weight excluding hydrogens is 243 g/mol. The van der Waals surface area contributed by atoms with Crippen LogP contribution in [0.1, 0.15) is 66.7 Å². The van der Waals surface area contributed by atoms with Gasteiger partial charge in [-0.3, -0.25) is 0 Å². The summed E-state index contributed by atoms with van der Waals surface area (Å²) in [5.74, 6) is 1.27. The summed E-state index contributed by atoms with van der Waals surface area (Å²) in [5, 5.41) is 0.146. The Bertz CT molecular complexity index is 348. The van der Waals surface area contributed by atoms with E-state index in [1.54, 1.807) is 0 Å². The molecule has 0 unspecified atom stereocenters. The van der Waals surface area contributed by atoms with Gasteiger partial charge in [0, 0.05) is 7.11 Å². The Kier molecular flexibility index (Phi) is 6.58. The molecule has 1 fully saturated rings. The molecule has 1 rings (SSSR count). The molecule has 0 aromatic heterocycles. The minimum atomic E-state index is 0.146. The molecule has 20 heavy (non-hydrogen) atoms. The number of rotatable bonds is 6. The standard InChI is InChI=1S/C18H33BO/c1-14(2)13-17(16-11-9-8-10-12-16)19(20-7)18(5,6)15(3)4/h13,15-16H,1,8-12H2,2-7H3/b17-13+. The Labute approximate surface area is 127 Å². The van der Waals surface area contributed by atoms with Crippen molar-refractivity contribution in [3.05, 3.63) is 23.7 Å². The predicted octanol–water partition coefficient (Wildman–Crippen LogP) is 5.68. The lowest BCUT2D eigenvalue weighted by Crippen LogP contribution is -2.39. The van der Waals surface area contributed by atoms with Crippen LogP contribution in [-0.2, 0) is 4.65 Å². The summed E-state index contributed by atoms with van der Waals surface area (Å²) >= 11 is 0. The first-order chi connectivity index (χ1) is 9.30. The van der Waals surface area contributed by atoms with Crippen molar-refractivity contribution in [1.29, 1.82) is 0 Å². The molecule has 1 saturated carbocycles. The predicted molar refractivity (Wildman–Crippen MR) is 91.1 cm³/mol. The summed E-state index contributed by atoms with van der Waals surface area (Å²) in [5.41, 5.74) is 2.63. The average molecular weight is 276 g/mol. The van der Waals surface area contributed by atoms with Crippen LogP contribution in [0.25, 0.3) is 0 Å². The maximum atomic E-state index is 5.98. The fourth-order valence-corrected chi connectivity index (χ4v) is 3.30. The monoisotopic (exact) mass is 276 g/mol. The van der Waals surface area contributed by atoms with Crippen molar-refractivity contribution in [3.63, 3.8) is 0 Å². The van der Waals surface area contributed by atoms with Crippen LogP contribution in [0.5, 0.6) is 0 Å². The highest BCUT2D eigenvalue weighted by Gasteiger charge is 2.42. The van der Waals surface area contributed by atoms with Crippen LogP contribution in [0.15, 0.2) is 23.7 Å². The lowest BCUT2D eigenvalue weighted by Gasteiger charge is -2.39. The third kappa shape index (κ3) is 4.25. The molecular formula is C18H33BO. The van der Waals surface area contributed by atoms with Gasteiger partial charge in [-0.1, -0.05) is 70.7 Å².